The third-order valence-corrected chi connectivity index (χ3v) is 5.94. The Labute approximate surface area is 192 Å². The van der Waals surface area contributed by atoms with Crippen molar-refractivity contribution in [2.24, 2.45) is 0 Å². The van der Waals surface area contributed by atoms with Gasteiger partial charge in [-0.05, 0) is 73.9 Å². The van der Waals surface area contributed by atoms with Crippen LogP contribution in [0.25, 0.3) is 0 Å². The van der Waals surface area contributed by atoms with Gasteiger partial charge in [-0.3, -0.25) is 0 Å². The van der Waals surface area contributed by atoms with E-state index in [9.17, 15) is 9.18 Å². The molecule has 0 spiro atoms. The number of methoxy groups -OCH3 is 1. The van der Waals surface area contributed by atoms with E-state index >= 15 is 0 Å². The number of rotatable bonds is 8. The number of carbonyl (C=O) groups is 1. The molecular weight excluding hydrogens is 425 g/mol. The molecule has 1 aromatic heterocycles. The van der Waals surface area contributed by atoms with Crippen LogP contribution in [0, 0.1) is 5.82 Å². The van der Waals surface area contributed by atoms with Crippen LogP contribution in [0.3, 0.4) is 0 Å². The smallest absolute Gasteiger partial charge is 0.364 e. The first-order valence-corrected chi connectivity index (χ1v) is 11.2. The SMILES string of the molecule is CCOC(=O)c1nnn(Cc2ccc(OC)cc2)c1OC1CCC(c2ccc(F)cc2)CC1. The molecule has 0 saturated heterocycles. The highest BCUT2D eigenvalue weighted by atomic mass is 19.1. The van der Waals surface area contributed by atoms with Crippen LogP contribution in [-0.4, -0.2) is 40.8 Å². The lowest BCUT2D eigenvalue weighted by Crippen LogP contribution is -2.25. The van der Waals surface area contributed by atoms with Crippen molar-refractivity contribution in [2.75, 3.05) is 13.7 Å². The van der Waals surface area contributed by atoms with Crippen LogP contribution < -0.4 is 9.47 Å². The monoisotopic (exact) mass is 453 g/mol. The van der Waals surface area contributed by atoms with E-state index in [1.165, 1.54) is 12.1 Å². The van der Waals surface area contributed by atoms with Gasteiger partial charge in [-0.15, -0.1) is 5.10 Å². The molecule has 1 fully saturated rings. The molecule has 0 unspecified atom stereocenters. The van der Waals surface area contributed by atoms with Crippen LogP contribution in [0.1, 0.15) is 60.1 Å². The molecule has 1 saturated carbocycles. The maximum atomic E-state index is 13.2. The van der Waals surface area contributed by atoms with Gasteiger partial charge in [0.2, 0.25) is 11.6 Å². The maximum absolute atomic E-state index is 13.2. The van der Waals surface area contributed by atoms with E-state index in [2.05, 4.69) is 10.3 Å². The number of nitrogens with zero attached hydrogens (tertiary/aromatic N) is 3. The number of hydrogen-bond donors (Lipinski definition) is 0. The summed E-state index contributed by atoms with van der Waals surface area (Å²) in [4.78, 5) is 12.5. The van der Waals surface area contributed by atoms with E-state index in [1.54, 1.807) is 18.7 Å². The second-order valence-corrected chi connectivity index (χ2v) is 8.11. The predicted molar refractivity (Wildman–Crippen MR) is 120 cm³/mol. The number of hydrogen-bond acceptors (Lipinski definition) is 6. The Morgan fingerprint density at radius 1 is 1.06 bits per heavy atom. The number of aromatic nitrogens is 3. The maximum Gasteiger partial charge on any atom is 0.364 e. The van der Waals surface area contributed by atoms with Crippen molar-refractivity contribution < 1.29 is 23.4 Å². The van der Waals surface area contributed by atoms with E-state index in [0.717, 1.165) is 42.6 Å². The molecule has 3 aromatic rings. The van der Waals surface area contributed by atoms with Crippen molar-refractivity contribution in [1.82, 2.24) is 15.0 Å². The van der Waals surface area contributed by atoms with Gasteiger partial charge in [0.15, 0.2) is 0 Å². The lowest BCUT2D eigenvalue weighted by Gasteiger charge is -2.29. The second-order valence-electron chi connectivity index (χ2n) is 8.11. The number of halogens is 1. The predicted octanol–water partition coefficient (Wildman–Crippen LogP) is 4.76. The molecule has 2 aromatic carbocycles. The fourth-order valence-corrected chi connectivity index (χ4v) is 4.16. The summed E-state index contributed by atoms with van der Waals surface area (Å²) < 4.78 is 31.5. The highest BCUT2D eigenvalue weighted by molar-refractivity contribution is 5.89. The molecule has 0 radical (unpaired) electrons. The molecular formula is C25H28FN3O4. The Kier molecular flexibility index (Phi) is 7.22. The number of esters is 1. The fourth-order valence-electron chi connectivity index (χ4n) is 4.16. The Balaban J connectivity index is 1.48. The highest BCUT2D eigenvalue weighted by Crippen LogP contribution is 2.35. The first-order valence-electron chi connectivity index (χ1n) is 11.2. The molecule has 33 heavy (non-hydrogen) atoms. The van der Waals surface area contributed by atoms with Gasteiger partial charge < -0.3 is 14.2 Å². The van der Waals surface area contributed by atoms with Crippen molar-refractivity contribution in [3.63, 3.8) is 0 Å². The molecule has 0 bridgehead atoms. The summed E-state index contributed by atoms with van der Waals surface area (Å²) >= 11 is 0. The molecule has 0 atom stereocenters. The lowest BCUT2D eigenvalue weighted by molar-refractivity contribution is 0.0507. The summed E-state index contributed by atoms with van der Waals surface area (Å²) in [6.07, 6.45) is 3.41. The van der Waals surface area contributed by atoms with Gasteiger partial charge >= 0.3 is 5.97 Å². The molecule has 0 N–H and O–H groups in total. The summed E-state index contributed by atoms with van der Waals surface area (Å²) in [5, 5.41) is 8.22. The molecule has 7 nitrogen and oxygen atoms in total. The van der Waals surface area contributed by atoms with E-state index < -0.39 is 5.97 Å². The summed E-state index contributed by atoms with van der Waals surface area (Å²) in [6, 6.07) is 14.3. The average Bonchev–Trinajstić information content (AvgIpc) is 3.23. The van der Waals surface area contributed by atoms with Gasteiger partial charge in [0.25, 0.3) is 0 Å². The lowest BCUT2D eigenvalue weighted by atomic mass is 9.83. The normalized spacial score (nSPS) is 18.0. The van der Waals surface area contributed by atoms with Crippen molar-refractivity contribution in [3.05, 3.63) is 71.2 Å². The molecule has 4 rings (SSSR count). The minimum Gasteiger partial charge on any atom is -0.497 e. The van der Waals surface area contributed by atoms with E-state index in [1.807, 2.05) is 36.4 Å². The van der Waals surface area contributed by atoms with Gasteiger partial charge in [0.1, 0.15) is 17.7 Å². The number of ether oxygens (including phenoxy) is 3. The minimum absolute atomic E-state index is 0.0667. The largest absolute Gasteiger partial charge is 0.497 e. The molecule has 8 heteroatoms. The molecule has 1 aliphatic carbocycles. The Morgan fingerprint density at radius 3 is 2.39 bits per heavy atom. The third-order valence-electron chi connectivity index (χ3n) is 5.94. The molecule has 1 heterocycles. The Bertz CT molecular complexity index is 1060. The standard InChI is InChI=1S/C25H28FN3O4/c1-3-32-25(30)23-24(29(28-27-23)16-17-4-12-21(31-2)13-5-17)33-22-14-8-19(9-15-22)18-6-10-20(26)11-7-18/h4-7,10-13,19,22H,3,8-9,14-16H2,1-2H3. The second kappa shape index (κ2) is 10.5. The topological polar surface area (TPSA) is 75.5 Å². The van der Waals surface area contributed by atoms with E-state index in [4.69, 9.17) is 14.2 Å². The zero-order valence-electron chi connectivity index (χ0n) is 18.9. The van der Waals surface area contributed by atoms with Crippen molar-refractivity contribution >= 4 is 5.97 Å². The van der Waals surface area contributed by atoms with Crippen LogP contribution in [0.5, 0.6) is 11.6 Å². The molecule has 0 aliphatic heterocycles. The quantitative estimate of drug-likeness (QED) is 0.458. The van der Waals surface area contributed by atoms with Crippen molar-refractivity contribution in [1.29, 1.82) is 0 Å². The third kappa shape index (κ3) is 5.50. The van der Waals surface area contributed by atoms with Gasteiger partial charge in [-0.1, -0.05) is 29.5 Å². The van der Waals surface area contributed by atoms with Crippen LogP contribution in [0.15, 0.2) is 48.5 Å². The number of carbonyl (C=O) groups excluding carboxylic acids is 1. The first-order chi connectivity index (χ1) is 16.1. The average molecular weight is 454 g/mol. The zero-order chi connectivity index (χ0) is 23.2. The van der Waals surface area contributed by atoms with Gasteiger partial charge in [0.05, 0.1) is 20.3 Å². The minimum atomic E-state index is -0.548. The van der Waals surface area contributed by atoms with Gasteiger partial charge in [0, 0.05) is 0 Å². The molecule has 1 aliphatic rings. The summed E-state index contributed by atoms with van der Waals surface area (Å²) in [5.41, 5.74) is 2.21. The van der Waals surface area contributed by atoms with E-state index in [-0.39, 0.29) is 24.2 Å². The van der Waals surface area contributed by atoms with Crippen LogP contribution in [-0.2, 0) is 11.3 Å². The van der Waals surface area contributed by atoms with E-state index in [0.29, 0.717) is 18.3 Å². The Hall–Kier alpha value is -3.42. The van der Waals surface area contributed by atoms with Gasteiger partial charge in [-0.25, -0.2) is 13.9 Å². The molecule has 174 valence electrons. The first kappa shape index (κ1) is 22.8. The Morgan fingerprint density at radius 2 is 1.76 bits per heavy atom. The van der Waals surface area contributed by atoms with Crippen molar-refractivity contribution in [2.45, 2.75) is 51.2 Å². The van der Waals surface area contributed by atoms with Gasteiger partial charge in [-0.2, -0.15) is 0 Å². The summed E-state index contributed by atoms with van der Waals surface area (Å²) in [7, 11) is 1.62. The number of benzene rings is 2. The fraction of sp³-hybridized carbons (Fsp3) is 0.400. The van der Waals surface area contributed by atoms with Crippen LogP contribution in [0.2, 0.25) is 0 Å². The van der Waals surface area contributed by atoms with Crippen LogP contribution >= 0.6 is 0 Å². The summed E-state index contributed by atoms with van der Waals surface area (Å²) in [6.45, 7) is 2.39. The van der Waals surface area contributed by atoms with Crippen LogP contribution in [0.4, 0.5) is 4.39 Å². The molecule has 0 amide bonds. The zero-order valence-corrected chi connectivity index (χ0v) is 18.9. The summed E-state index contributed by atoms with van der Waals surface area (Å²) in [5.74, 6) is 0.694. The highest BCUT2D eigenvalue weighted by Gasteiger charge is 2.29. The van der Waals surface area contributed by atoms with Crippen molar-refractivity contribution in [3.8, 4) is 11.6 Å².